The predicted molar refractivity (Wildman–Crippen MR) is 60.5 cm³/mol. The van der Waals surface area contributed by atoms with Crippen molar-refractivity contribution in [2.45, 2.75) is 39.2 Å². The standard InChI is InChI=1S/C12H22N2O/c1-9-5-12(15)14(7-9)8-10(2)6-13-11-3-4-11/h9-11,13H,3-8H2,1-2H3. The van der Waals surface area contributed by atoms with E-state index >= 15 is 0 Å². The summed E-state index contributed by atoms with van der Waals surface area (Å²) in [5.74, 6) is 1.49. The van der Waals surface area contributed by atoms with Crippen LogP contribution < -0.4 is 5.32 Å². The Labute approximate surface area is 92.2 Å². The number of nitrogens with one attached hydrogen (secondary N) is 1. The van der Waals surface area contributed by atoms with Crippen LogP contribution in [0.4, 0.5) is 0 Å². The van der Waals surface area contributed by atoms with E-state index in [1.54, 1.807) is 0 Å². The van der Waals surface area contributed by atoms with Crippen LogP contribution in [0.25, 0.3) is 0 Å². The van der Waals surface area contributed by atoms with Gasteiger partial charge >= 0.3 is 0 Å². The van der Waals surface area contributed by atoms with Gasteiger partial charge in [-0.3, -0.25) is 4.79 Å². The van der Waals surface area contributed by atoms with Crippen molar-refractivity contribution >= 4 is 5.91 Å². The van der Waals surface area contributed by atoms with Gasteiger partial charge in [0.2, 0.25) is 5.91 Å². The lowest BCUT2D eigenvalue weighted by Gasteiger charge is -2.21. The van der Waals surface area contributed by atoms with Gasteiger partial charge in [0.05, 0.1) is 0 Å². The highest BCUT2D eigenvalue weighted by atomic mass is 16.2. The zero-order valence-corrected chi connectivity index (χ0v) is 9.83. The maximum Gasteiger partial charge on any atom is 0.222 e. The molecular formula is C12H22N2O. The maximum atomic E-state index is 11.6. The van der Waals surface area contributed by atoms with E-state index in [0.29, 0.717) is 17.7 Å². The number of nitrogens with zero attached hydrogens (tertiary/aromatic N) is 1. The molecule has 2 atom stereocenters. The molecule has 1 saturated carbocycles. The quantitative estimate of drug-likeness (QED) is 0.740. The van der Waals surface area contributed by atoms with Gasteiger partial charge in [0.1, 0.15) is 0 Å². The summed E-state index contributed by atoms with van der Waals surface area (Å²) in [6, 6.07) is 0.778. The van der Waals surface area contributed by atoms with Gasteiger partial charge in [-0.25, -0.2) is 0 Å². The van der Waals surface area contributed by atoms with E-state index in [1.165, 1.54) is 12.8 Å². The highest BCUT2D eigenvalue weighted by Gasteiger charge is 2.28. The van der Waals surface area contributed by atoms with Crippen molar-refractivity contribution in [1.29, 1.82) is 0 Å². The molecule has 2 rings (SSSR count). The van der Waals surface area contributed by atoms with Crippen molar-refractivity contribution in [1.82, 2.24) is 10.2 Å². The number of hydrogen-bond donors (Lipinski definition) is 1. The lowest BCUT2D eigenvalue weighted by molar-refractivity contribution is -0.128. The van der Waals surface area contributed by atoms with Crippen LogP contribution in [-0.4, -0.2) is 36.5 Å². The summed E-state index contributed by atoms with van der Waals surface area (Å²) < 4.78 is 0. The highest BCUT2D eigenvalue weighted by Crippen LogP contribution is 2.20. The largest absolute Gasteiger partial charge is 0.342 e. The molecule has 86 valence electrons. The molecule has 3 nitrogen and oxygen atoms in total. The van der Waals surface area contributed by atoms with Crippen LogP contribution in [0.15, 0.2) is 0 Å². The molecule has 1 aliphatic heterocycles. The number of rotatable bonds is 5. The summed E-state index contributed by atoms with van der Waals surface area (Å²) in [6.45, 7) is 7.34. The molecule has 0 aromatic carbocycles. The van der Waals surface area contributed by atoms with E-state index < -0.39 is 0 Å². The first-order valence-electron chi connectivity index (χ1n) is 6.16. The Kier molecular flexibility index (Phi) is 3.29. The van der Waals surface area contributed by atoms with Crippen molar-refractivity contribution < 1.29 is 4.79 Å². The fourth-order valence-electron chi connectivity index (χ4n) is 2.24. The van der Waals surface area contributed by atoms with E-state index in [-0.39, 0.29) is 0 Å². The van der Waals surface area contributed by atoms with Crippen LogP contribution in [-0.2, 0) is 4.79 Å². The summed E-state index contributed by atoms with van der Waals surface area (Å²) in [4.78, 5) is 13.6. The zero-order chi connectivity index (χ0) is 10.8. The second-order valence-corrected chi connectivity index (χ2v) is 5.40. The first kappa shape index (κ1) is 10.9. The molecule has 2 unspecified atom stereocenters. The Morgan fingerprint density at radius 2 is 2.27 bits per heavy atom. The fraction of sp³-hybridized carbons (Fsp3) is 0.917. The summed E-state index contributed by atoms with van der Waals surface area (Å²) in [5.41, 5.74) is 0. The van der Waals surface area contributed by atoms with E-state index in [1.807, 2.05) is 4.90 Å². The summed E-state index contributed by atoms with van der Waals surface area (Å²) >= 11 is 0. The molecule has 0 radical (unpaired) electrons. The first-order chi connectivity index (χ1) is 7.15. The molecular weight excluding hydrogens is 188 g/mol. The summed E-state index contributed by atoms with van der Waals surface area (Å²) in [6.07, 6.45) is 3.43. The minimum atomic E-state index is 0.348. The highest BCUT2D eigenvalue weighted by molar-refractivity contribution is 5.78. The lowest BCUT2D eigenvalue weighted by Crippen LogP contribution is -2.34. The van der Waals surface area contributed by atoms with Gasteiger partial charge in [-0.05, 0) is 31.2 Å². The van der Waals surface area contributed by atoms with Gasteiger partial charge in [0.15, 0.2) is 0 Å². The van der Waals surface area contributed by atoms with Gasteiger partial charge in [0, 0.05) is 25.6 Å². The summed E-state index contributed by atoms with van der Waals surface area (Å²) in [5, 5.41) is 3.52. The SMILES string of the molecule is CC(CNC1CC1)CN1CC(C)CC1=O. The molecule has 1 N–H and O–H groups in total. The molecule has 2 fully saturated rings. The molecule has 15 heavy (non-hydrogen) atoms. The van der Waals surface area contributed by atoms with Crippen molar-refractivity contribution in [3.05, 3.63) is 0 Å². The predicted octanol–water partition coefficient (Wildman–Crippen LogP) is 1.24. The van der Waals surface area contributed by atoms with Crippen molar-refractivity contribution in [3.8, 4) is 0 Å². The van der Waals surface area contributed by atoms with Crippen LogP contribution in [0.1, 0.15) is 33.1 Å². The maximum absolute atomic E-state index is 11.6. The van der Waals surface area contributed by atoms with Gasteiger partial charge < -0.3 is 10.2 Å². The van der Waals surface area contributed by atoms with Crippen LogP contribution in [0.2, 0.25) is 0 Å². The van der Waals surface area contributed by atoms with Gasteiger partial charge in [-0.15, -0.1) is 0 Å². The Morgan fingerprint density at radius 3 is 2.80 bits per heavy atom. The van der Waals surface area contributed by atoms with Gasteiger partial charge in [-0.1, -0.05) is 13.8 Å². The molecule has 0 aromatic heterocycles. The van der Waals surface area contributed by atoms with Crippen LogP contribution in [0.3, 0.4) is 0 Å². The second-order valence-electron chi connectivity index (χ2n) is 5.40. The molecule has 0 aromatic rings. The summed E-state index contributed by atoms with van der Waals surface area (Å²) in [7, 11) is 0. The third-order valence-electron chi connectivity index (χ3n) is 3.27. The molecule has 0 spiro atoms. The van der Waals surface area contributed by atoms with Crippen LogP contribution >= 0.6 is 0 Å². The number of carbonyl (C=O) groups is 1. The van der Waals surface area contributed by atoms with Crippen molar-refractivity contribution in [2.24, 2.45) is 11.8 Å². The normalized spacial score (nSPS) is 28.5. The van der Waals surface area contributed by atoms with Crippen molar-refractivity contribution in [3.63, 3.8) is 0 Å². The number of amides is 1. The minimum absolute atomic E-state index is 0.348. The molecule has 2 aliphatic rings. The lowest BCUT2D eigenvalue weighted by atomic mass is 10.1. The minimum Gasteiger partial charge on any atom is -0.342 e. The molecule has 1 amide bonds. The van der Waals surface area contributed by atoms with Crippen LogP contribution in [0.5, 0.6) is 0 Å². The molecule has 0 bridgehead atoms. The van der Waals surface area contributed by atoms with E-state index in [2.05, 4.69) is 19.2 Å². The van der Waals surface area contributed by atoms with Crippen molar-refractivity contribution in [2.75, 3.05) is 19.6 Å². The number of hydrogen-bond acceptors (Lipinski definition) is 2. The third kappa shape index (κ3) is 3.20. The number of likely N-dealkylation sites (tertiary alicyclic amines) is 1. The molecule has 1 saturated heterocycles. The average molecular weight is 210 g/mol. The van der Waals surface area contributed by atoms with E-state index in [0.717, 1.165) is 32.1 Å². The first-order valence-corrected chi connectivity index (χ1v) is 6.16. The van der Waals surface area contributed by atoms with Crippen LogP contribution in [0, 0.1) is 11.8 Å². The molecule has 1 aliphatic carbocycles. The van der Waals surface area contributed by atoms with E-state index in [4.69, 9.17) is 0 Å². The molecule has 3 heteroatoms. The monoisotopic (exact) mass is 210 g/mol. The topological polar surface area (TPSA) is 32.3 Å². The third-order valence-corrected chi connectivity index (χ3v) is 3.27. The smallest absolute Gasteiger partial charge is 0.222 e. The van der Waals surface area contributed by atoms with Gasteiger partial charge in [0.25, 0.3) is 0 Å². The Morgan fingerprint density at radius 1 is 1.53 bits per heavy atom. The fourth-order valence-corrected chi connectivity index (χ4v) is 2.24. The molecule has 1 heterocycles. The van der Waals surface area contributed by atoms with Gasteiger partial charge in [-0.2, -0.15) is 0 Å². The Bertz CT molecular complexity index is 238. The second kappa shape index (κ2) is 4.52. The Balaban J connectivity index is 1.68. The average Bonchev–Trinajstić information content (AvgIpc) is 2.92. The zero-order valence-electron chi connectivity index (χ0n) is 9.83. The van der Waals surface area contributed by atoms with E-state index in [9.17, 15) is 4.79 Å². The number of carbonyl (C=O) groups excluding carboxylic acids is 1. The Hall–Kier alpha value is -0.570.